The van der Waals surface area contributed by atoms with Crippen LogP contribution in [0, 0.1) is 0 Å². The summed E-state index contributed by atoms with van der Waals surface area (Å²) >= 11 is 4.89. The third kappa shape index (κ3) is 2.46. The van der Waals surface area contributed by atoms with Crippen LogP contribution < -0.4 is 11.5 Å². The monoisotopic (exact) mass is 144 g/mol. The number of rotatable bonds is 2. The normalized spacial score (nSPS) is 12.7. The predicted octanol–water partition coefficient (Wildman–Crippen LogP) is 0.915. The topological polar surface area (TPSA) is 52.0 Å². The van der Waals surface area contributed by atoms with Crippen LogP contribution in [0.3, 0.4) is 0 Å². The molecule has 2 nitrogen and oxygen atoms in total. The van der Waals surface area contributed by atoms with Gasteiger partial charge in [-0.15, -0.1) is 0 Å². The fourth-order valence-corrected chi connectivity index (χ4v) is 0.571. The number of nitrogens with two attached hydrogens (primary N) is 2. The second-order valence-corrected chi connectivity index (χ2v) is 2.37. The molecule has 0 saturated heterocycles. The number of thiocarbonyl (C=S) groups is 1. The molecule has 0 aliphatic carbocycles. The summed E-state index contributed by atoms with van der Waals surface area (Å²) in [6.45, 7) is 3.70. The van der Waals surface area contributed by atoms with Gasteiger partial charge in [0, 0.05) is 10.6 Å². The molecule has 4 N–H and O–H groups in total. The molecule has 0 aromatic carbocycles. The molecule has 0 radical (unpaired) electrons. The van der Waals surface area contributed by atoms with Crippen LogP contribution in [-0.2, 0) is 0 Å². The lowest BCUT2D eigenvalue weighted by Crippen LogP contribution is -2.14. The Morgan fingerprint density at radius 1 is 1.44 bits per heavy atom. The standard InChI is InChI=1S/C6H12N2S/c1-3-5(9)6(8)4(2)7/h3,7-8H2,1-2H3. The van der Waals surface area contributed by atoms with E-state index < -0.39 is 0 Å². The molecule has 0 unspecified atom stereocenters. The van der Waals surface area contributed by atoms with E-state index in [0.717, 1.165) is 11.3 Å². The Hall–Kier alpha value is -0.570. The molecule has 0 saturated carbocycles. The van der Waals surface area contributed by atoms with Crippen molar-refractivity contribution in [3.8, 4) is 0 Å². The fraction of sp³-hybridized carbons (Fsp3) is 0.500. The number of allylic oxidation sites excluding steroid dienone is 2. The minimum absolute atomic E-state index is 0.563. The van der Waals surface area contributed by atoms with Gasteiger partial charge in [-0.25, -0.2) is 0 Å². The van der Waals surface area contributed by atoms with Crippen molar-refractivity contribution >= 4 is 17.1 Å². The first kappa shape index (κ1) is 8.43. The summed E-state index contributed by atoms with van der Waals surface area (Å²) in [5, 5.41) is 0. The van der Waals surface area contributed by atoms with Crippen LogP contribution >= 0.6 is 12.2 Å². The molecule has 0 aliphatic heterocycles. The fourth-order valence-electron chi connectivity index (χ4n) is 0.410. The van der Waals surface area contributed by atoms with Crippen LogP contribution in [0.5, 0.6) is 0 Å². The van der Waals surface area contributed by atoms with E-state index in [2.05, 4.69) is 0 Å². The predicted molar refractivity (Wildman–Crippen MR) is 44.0 cm³/mol. The number of hydrogen-bond donors (Lipinski definition) is 2. The van der Waals surface area contributed by atoms with Crippen molar-refractivity contribution < 1.29 is 0 Å². The van der Waals surface area contributed by atoms with Gasteiger partial charge in [-0.1, -0.05) is 19.1 Å². The van der Waals surface area contributed by atoms with Crippen molar-refractivity contribution in [2.45, 2.75) is 20.3 Å². The summed E-state index contributed by atoms with van der Waals surface area (Å²) in [7, 11) is 0. The zero-order valence-corrected chi connectivity index (χ0v) is 6.59. The quantitative estimate of drug-likeness (QED) is 0.447. The average molecular weight is 144 g/mol. The lowest BCUT2D eigenvalue weighted by molar-refractivity contribution is 1.20. The molecule has 0 heterocycles. The van der Waals surface area contributed by atoms with Gasteiger partial charge in [-0.2, -0.15) is 0 Å². The summed E-state index contributed by atoms with van der Waals surface area (Å²) in [6.07, 6.45) is 0.787. The van der Waals surface area contributed by atoms with E-state index in [1.54, 1.807) is 6.92 Å². The van der Waals surface area contributed by atoms with E-state index in [-0.39, 0.29) is 0 Å². The van der Waals surface area contributed by atoms with Crippen molar-refractivity contribution in [1.29, 1.82) is 0 Å². The maximum atomic E-state index is 5.48. The van der Waals surface area contributed by atoms with E-state index in [0.29, 0.717) is 11.4 Å². The third-order valence-electron chi connectivity index (χ3n) is 1.05. The molecule has 0 spiro atoms. The van der Waals surface area contributed by atoms with Crippen molar-refractivity contribution in [3.05, 3.63) is 11.4 Å². The van der Waals surface area contributed by atoms with Gasteiger partial charge in [0.25, 0.3) is 0 Å². The summed E-state index contributed by atoms with van der Waals surface area (Å²) in [5.74, 6) is 0. The van der Waals surface area contributed by atoms with Crippen LogP contribution in [0.15, 0.2) is 11.4 Å². The molecule has 52 valence electrons. The summed E-state index contributed by atoms with van der Waals surface area (Å²) in [5.41, 5.74) is 12.0. The third-order valence-corrected chi connectivity index (χ3v) is 1.55. The van der Waals surface area contributed by atoms with Crippen molar-refractivity contribution in [1.82, 2.24) is 0 Å². The molecular formula is C6H12N2S. The van der Waals surface area contributed by atoms with Crippen LogP contribution in [0.4, 0.5) is 0 Å². The molecule has 0 aliphatic rings. The molecule has 9 heavy (non-hydrogen) atoms. The minimum Gasteiger partial charge on any atom is -0.401 e. The van der Waals surface area contributed by atoms with Gasteiger partial charge in [0.1, 0.15) is 0 Å². The molecular weight excluding hydrogens is 132 g/mol. The Kier molecular flexibility index (Phi) is 3.24. The molecule has 0 rings (SSSR count). The van der Waals surface area contributed by atoms with Crippen molar-refractivity contribution in [3.63, 3.8) is 0 Å². The smallest absolute Gasteiger partial charge is 0.0643 e. The highest BCUT2D eigenvalue weighted by molar-refractivity contribution is 7.80. The maximum absolute atomic E-state index is 5.48. The Morgan fingerprint density at radius 3 is 2.00 bits per heavy atom. The van der Waals surface area contributed by atoms with E-state index in [1.807, 2.05) is 6.92 Å². The highest BCUT2D eigenvalue weighted by Crippen LogP contribution is 1.97. The molecule has 0 aromatic rings. The summed E-state index contributed by atoms with van der Waals surface area (Å²) in [6, 6.07) is 0. The second-order valence-electron chi connectivity index (χ2n) is 1.87. The van der Waals surface area contributed by atoms with Gasteiger partial charge in [0.05, 0.1) is 5.70 Å². The zero-order valence-electron chi connectivity index (χ0n) is 5.77. The van der Waals surface area contributed by atoms with Gasteiger partial charge in [0.2, 0.25) is 0 Å². The Labute approximate surface area is 60.9 Å². The van der Waals surface area contributed by atoms with Crippen LogP contribution in [0.1, 0.15) is 20.3 Å². The SMILES string of the molecule is CCC(=S)C(N)=C(C)N. The van der Waals surface area contributed by atoms with Crippen LogP contribution in [-0.4, -0.2) is 4.86 Å². The van der Waals surface area contributed by atoms with Gasteiger partial charge >= 0.3 is 0 Å². The lowest BCUT2D eigenvalue weighted by atomic mass is 10.2. The van der Waals surface area contributed by atoms with E-state index in [9.17, 15) is 0 Å². The summed E-state index contributed by atoms with van der Waals surface area (Å²) < 4.78 is 0. The first-order valence-corrected chi connectivity index (χ1v) is 3.25. The first-order valence-electron chi connectivity index (χ1n) is 2.84. The van der Waals surface area contributed by atoms with Gasteiger partial charge in [-0.05, 0) is 13.3 Å². The average Bonchev–Trinajstić information content (AvgIpc) is 1.84. The van der Waals surface area contributed by atoms with Gasteiger partial charge < -0.3 is 11.5 Å². The molecule has 0 amide bonds. The highest BCUT2D eigenvalue weighted by atomic mass is 32.1. The molecule has 0 bridgehead atoms. The van der Waals surface area contributed by atoms with Crippen LogP contribution in [0.2, 0.25) is 0 Å². The van der Waals surface area contributed by atoms with Gasteiger partial charge in [-0.3, -0.25) is 0 Å². The van der Waals surface area contributed by atoms with Crippen molar-refractivity contribution in [2.24, 2.45) is 11.5 Å². The minimum atomic E-state index is 0.563. The molecule has 0 aromatic heterocycles. The van der Waals surface area contributed by atoms with Gasteiger partial charge in [0.15, 0.2) is 0 Å². The second kappa shape index (κ2) is 3.45. The molecule has 3 heteroatoms. The molecule has 0 fully saturated rings. The Morgan fingerprint density at radius 2 is 1.89 bits per heavy atom. The van der Waals surface area contributed by atoms with E-state index in [4.69, 9.17) is 23.7 Å². The van der Waals surface area contributed by atoms with E-state index >= 15 is 0 Å². The Bertz CT molecular complexity index is 145. The summed E-state index contributed by atoms with van der Waals surface area (Å²) in [4.78, 5) is 0.745. The largest absolute Gasteiger partial charge is 0.401 e. The first-order chi connectivity index (χ1) is 4.09. The van der Waals surface area contributed by atoms with Crippen LogP contribution in [0.25, 0.3) is 0 Å². The highest BCUT2D eigenvalue weighted by Gasteiger charge is 1.97. The number of hydrogen-bond acceptors (Lipinski definition) is 3. The molecule has 0 atom stereocenters. The van der Waals surface area contributed by atoms with E-state index in [1.165, 1.54) is 0 Å². The maximum Gasteiger partial charge on any atom is 0.0643 e. The Balaban J connectivity index is 4.21. The zero-order chi connectivity index (χ0) is 7.44. The van der Waals surface area contributed by atoms with Crippen molar-refractivity contribution in [2.75, 3.05) is 0 Å². The lowest BCUT2D eigenvalue weighted by Gasteiger charge is -2.01.